The standard InChI is InChI=1S/C28H32O3/c1-22-17-18-26(29-19-23-11-5-2-6-12-23)28(31-21-25-15-9-4-10-16-25)27(22)30-20-24-13-7-3-8-14-24/h2-16,22,26-28H,17-21H2,1H3. The topological polar surface area (TPSA) is 27.7 Å². The van der Waals surface area contributed by atoms with Crippen LogP contribution in [-0.2, 0) is 34.0 Å². The van der Waals surface area contributed by atoms with Gasteiger partial charge < -0.3 is 14.2 Å². The number of hydrogen-bond donors (Lipinski definition) is 0. The van der Waals surface area contributed by atoms with Crippen molar-refractivity contribution in [3.63, 3.8) is 0 Å². The van der Waals surface area contributed by atoms with Crippen LogP contribution in [-0.4, -0.2) is 18.3 Å². The van der Waals surface area contributed by atoms with E-state index in [1.165, 1.54) is 16.7 Å². The van der Waals surface area contributed by atoms with Gasteiger partial charge in [0.15, 0.2) is 0 Å². The average molecular weight is 417 g/mol. The van der Waals surface area contributed by atoms with Crippen LogP contribution < -0.4 is 0 Å². The van der Waals surface area contributed by atoms with E-state index in [9.17, 15) is 0 Å². The predicted molar refractivity (Wildman–Crippen MR) is 123 cm³/mol. The Morgan fingerprint density at radius 3 is 1.45 bits per heavy atom. The fraction of sp³-hybridized carbons (Fsp3) is 0.357. The molecule has 162 valence electrons. The number of rotatable bonds is 9. The molecule has 31 heavy (non-hydrogen) atoms. The van der Waals surface area contributed by atoms with Crippen LogP contribution >= 0.6 is 0 Å². The second kappa shape index (κ2) is 11.2. The second-order valence-electron chi connectivity index (χ2n) is 8.41. The molecule has 0 aromatic heterocycles. The molecule has 0 heterocycles. The van der Waals surface area contributed by atoms with Gasteiger partial charge in [0.05, 0.1) is 32.0 Å². The van der Waals surface area contributed by atoms with Crippen molar-refractivity contribution in [2.75, 3.05) is 0 Å². The normalized spacial score (nSPS) is 23.5. The zero-order chi connectivity index (χ0) is 21.3. The molecule has 1 aliphatic rings. The van der Waals surface area contributed by atoms with Crippen LogP contribution in [0.1, 0.15) is 36.5 Å². The monoisotopic (exact) mass is 416 g/mol. The third-order valence-electron chi connectivity index (χ3n) is 6.04. The van der Waals surface area contributed by atoms with Crippen LogP contribution in [0, 0.1) is 5.92 Å². The largest absolute Gasteiger partial charge is 0.371 e. The van der Waals surface area contributed by atoms with Crippen molar-refractivity contribution in [3.05, 3.63) is 108 Å². The van der Waals surface area contributed by atoms with Crippen LogP contribution in [0.2, 0.25) is 0 Å². The first-order valence-electron chi connectivity index (χ1n) is 11.3. The third-order valence-corrected chi connectivity index (χ3v) is 6.04. The molecule has 1 aliphatic carbocycles. The van der Waals surface area contributed by atoms with Gasteiger partial charge >= 0.3 is 0 Å². The van der Waals surface area contributed by atoms with E-state index in [0.29, 0.717) is 25.7 Å². The molecule has 3 nitrogen and oxygen atoms in total. The lowest BCUT2D eigenvalue weighted by Gasteiger charge is -2.41. The second-order valence-corrected chi connectivity index (χ2v) is 8.41. The van der Waals surface area contributed by atoms with Crippen LogP contribution in [0.5, 0.6) is 0 Å². The summed E-state index contributed by atoms with van der Waals surface area (Å²) in [5.74, 6) is 0.418. The van der Waals surface area contributed by atoms with E-state index in [2.05, 4.69) is 79.7 Å². The Bertz CT molecular complexity index is 882. The quantitative estimate of drug-likeness (QED) is 0.417. The van der Waals surface area contributed by atoms with Gasteiger partial charge in [-0.05, 0) is 35.4 Å². The first kappa shape index (κ1) is 21.8. The van der Waals surface area contributed by atoms with Gasteiger partial charge in [0.2, 0.25) is 0 Å². The van der Waals surface area contributed by atoms with Gasteiger partial charge in [-0.2, -0.15) is 0 Å². The summed E-state index contributed by atoms with van der Waals surface area (Å²) in [5.41, 5.74) is 3.54. The molecule has 0 spiro atoms. The van der Waals surface area contributed by atoms with Crippen LogP contribution in [0.3, 0.4) is 0 Å². The maximum Gasteiger partial charge on any atom is 0.110 e. The van der Waals surface area contributed by atoms with E-state index >= 15 is 0 Å². The molecule has 1 saturated carbocycles. The molecule has 0 radical (unpaired) electrons. The third kappa shape index (κ3) is 6.27. The van der Waals surface area contributed by atoms with Gasteiger partial charge in [-0.3, -0.25) is 0 Å². The summed E-state index contributed by atoms with van der Waals surface area (Å²) in [5, 5.41) is 0. The lowest BCUT2D eigenvalue weighted by Crippen LogP contribution is -2.49. The Morgan fingerprint density at radius 1 is 0.548 bits per heavy atom. The van der Waals surface area contributed by atoms with Crippen molar-refractivity contribution >= 4 is 0 Å². The van der Waals surface area contributed by atoms with Crippen molar-refractivity contribution < 1.29 is 14.2 Å². The Hall–Kier alpha value is -2.46. The molecule has 0 amide bonds. The fourth-order valence-corrected chi connectivity index (χ4v) is 4.24. The van der Waals surface area contributed by atoms with Gasteiger partial charge in [-0.25, -0.2) is 0 Å². The van der Waals surface area contributed by atoms with E-state index in [4.69, 9.17) is 14.2 Å². The van der Waals surface area contributed by atoms with E-state index in [1.54, 1.807) is 0 Å². The molecule has 0 aliphatic heterocycles. The summed E-state index contributed by atoms with van der Waals surface area (Å²) in [6, 6.07) is 31.0. The molecule has 3 heteroatoms. The van der Waals surface area contributed by atoms with Crippen molar-refractivity contribution in [3.8, 4) is 0 Å². The molecular weight excluding hydrogens is 384 g/mol. The maximum absolute atomic E-state index is 6.49. The fourth-order valence-electron chi connectivity index (χ4n) is 4.24. The van der Waals surface area contributed by atoms with E-state index < -0.39 is 0 Å². The van der Waals surface area contributed by atoms with Crippen molar-refractivity contribution in [2.45, 2.75) is 57.9 Å². The van der Waals surface area contributed by atoms with Crippen LogP contribution in [0.4, 0.5) is 0 Å². The van der Waals surface area contributed by atoms with Crippen molar-refractivity contribution in [1.29, 1.82) is 0 Å². The van der Waals surface area contributed by atoms with E-state index in [1.807, 2.05) is 18.2 Å². The molecule has 0 saturated heterocycles. The predicted octanol–water partition coefficient (Wildman–Crippen LogP) is 6.17. The van der Waals surface area contributed by atoms with Crippen molar-refractivity contribution in [2.24, 2.45) is 5.92 Å². The molecule has 1 fully saturated rings. The molecule has 4 rings (SSSR count). The van der Waals surface area contributed by atoms with Gasteiger partial charge in [0, 0.05) is 0 Å². The lowest BCUT2D eigenvalue weighted by molar-refractivity contribution is -0.185. The van der Waals surface area contributed by atoms with E-state index in [0.717, 1.165) is 12.8 Å². The SMILES string of the molecule is CC1CCC(OCc2ccccc2)C(OCc2ccccc2)C1OCc1ccccc1. The van der Waals surface area contributed by atoms with Gasteiger partial charge in [0.1, 0.15) is 6.10 Å². The smallest absolute Gasteiger partial charge is 0.110 e. The number of hydrogen-bond acceptors (Lipinski definition) is 3. The van der Waals surface area contributed by atoms with Gasteiger partial charge in [-0.15, -0.1) is 0 Å². The zero-order valence-electron chi connectivity index (χ0n) is 18.2. The Labute approximate surface area is 186 Å². The molecular formula is C28H32O3. The first-order chi connectivity index (χ1) is 15.3. The Kier molecular flexibility index (Phi) is 7.89. The van der Waals surface area contributed by atoms with Gasteiger partial charge in [-0.1, -0.05) is 97.9 Å². The minimum absolute atomic E-state index is 0.00144. The average Bonchev–Trinajstić information content (AvgIpc) is 2.83. The summed E-state index contributed by atoms with van der Waals surface area (Å²) in [7, 11) is 0. The molecule has 0 bridgehead atoms. The van der Waals surface area contributed by atoms with Gasteiger partial charge in [0.25, 0.3) is 0 Å². The zero-order valence-corrected chi connectivity index (χ0v) is 18.2. The Balaban J connectivity index is 1.46. The minimum Gasteiger partial charge on any atom is -0.371 e. The van der Waals surface area contributed by atoms with Crippen molar-refractivity contribution in [1.82, 2.24) is 0 Å². The van der Waals surface area contributed by atoms with E-state index in [-0.39, 0.29) is 18.3 Å². The maximum atomic E-state index is 6.49. The van der Waals surface area contributed by atoms with Crippen LogP contribution in [0.25, 0.3) is 0 Å². The summed E-state index contributed by atoms with van der Waals surface area (Å²) >= 11 is 0. The number of ether oxygens (including phenoxy) is 3. The number of benzene rings is 3. The Morgan fingerprint density at radius 2 is 0.968 bits per heavy atom. The summed E-state index contributed by atoms with van der Waals surface area (Å²) in [6.07, 6.45) is 1.97. The molecule has 0 N–H and O–H groups in total. The molecule has 4 unspecified atom stereocenters. The highest BCUT2D eigenvalue weighted by atomic mass is 16.6. The summed E-state index contributed by atoms with van der Waals surface area (Å²) in [6.45, 7) is 4.01. The summed E-state index contributed by atoms with van der Waals surface area (Å²) < 4.78 is 19.3. The minimum atomic E-state index is -0.101. The highest BCUT2D eigenvalue weighted by Crippen LogP contribution is 2.33. The molecule has 3 aromatic carbocycles. The van der Waals surface area contributed by atoms with Crippen LogP contribution in [0.15, 0.2) is 91.0 Å². The summed E-state index contributed by atoms with van der Waals surface area (Å²) in [4.78, 5) is 0. The first-order valence-corrected chi connectivity index (χ1v) is 11.3. The highest BCUT2D eigenvalue weighted by molar-refractivity contribution is 5.15. The molecule has 4 atom stereocenters. The highest BCUT2D eigenvalue weighted by Gasteiger charge is 2.40. The molecule has 3 aromatic rings. The lowest BCUT2D eigenvalue weighted by atomic mass is 9.83.